The molecule has 2 rings (SSSR count). The average Bonchev–Trinajstić information content (AvgIpc) is 2.86. The Morgan fingerprint density at radius 1 is 1.42 bits per heavy atom. The first-order valence-electron chi connectivity index (χ1n) is 5.42. The standard InChI is InChI=1S/C11H10Cl2N4O2/c1-7(18)8-2-3-9(12)11(10(8)13)19-5-4-17-6-14-15-16-17/h2-3,6H,4-5H2,1H3. The fourth-order valence-electron chi connectivity index (χ4n) is 1.46. The van der Waals surface area contributed by atoms with Gasteiger partial charge >= 0.3 is 0 Å². The van der Waals surface area contributed by atoms with Crippen molar-refractivity contribution in [3.8, 4) is 5.75 Å². The van der Waals surface area contributed by atoms with Crippen LogP contribution >= 0.6 is 23.2 Å². The predicted molar refractivity (Wildman–Crippen MR) is 69.8 cm³/mol. The summed E-state index contributed by atoms with van der Waals surface area (Å²) in [4.78, 5) is 11.4. The van der Waals surface area contributed by atoms with Gasteiger partial charge in [-0.05, 0) is 29.5 Å². The van der Waals surface area contributed by atoms with Gasteiger partial charge in [-0.15, -0.1) is 5.10 Å². The summed E-state index contributed by atoms with van der Waals surface area (Å²) >= 11 is 12.1. The number of ketones is 1. The number of ether oxygens (including phenoxy) is 1. The van der Waals surface area contributed by atoms with Gasteiger partial charge in [-0.25, -0.2) is 4.68 Å². The maximum Gasteiger partial charge on any atom is 0.161 e. The summed E-state index contributed by atoms with van der Waals surface area (Å²) in [7, 11) is 0. The van der Waals surface area contributed by atoms with E-state index in [0.717, 1.165) is 0 Å². The van der Waals surface area contributed by atoms with E-state index < -0.39 is 0 Å². The van der Waals surface area contributed by atoms with Crippen LogP contribution in [0.2, 0.25) is 10.0 Å². The van der Waals surface area contributed by atoms with E-state index in [-0.39, 0.29) is 17.4 Å². The number of aromatic nitrogens is 4. The molecule has 0 unspecified atom stereocenters. The van der Waals surface area contributed by atoms with Crippen molar-refractivity contribution in [2.45, 2.75) is 13.5 Å². The summed E-state index contributed by atoms with van der Waals surface area (Å²) in [5.74, 6) is 0.149. The number of halogens is 2. The van der Waals surface area contributed by atoms with Gasteiger partial charge in [-0.3, -0.25) is 4.79 Å². The molecule has 0 saturated heterocycles. The van der Waals surface area contributed by atoms with Gasteiger partial charge in [0.25, 0.3) is 0 Å². The van der Waals surface area contributed by atoms with Crippen LogP contribution in [-0.4, -0.2) is 32.6 Å². The first kappa shape index (κ1) is 13.8. The molecule has 1 heterocycles. The SMILES string of the molecule is CC(=O)c1ccc(Cl)c(OCCn2cnnn2)c1Cl. The molecule has 0 aliphatic carbocycles. The van der Waals surface area contributed by atoms with E-state index in [2.05, 4.69) is 15.5 Å². The second-order valence-electron chi connectivity index (χ2n) is 3.72. The van der Waals surface area contributed by atoms with E-state index in [1.807, 2.05) is 0 Å². The number of rotatable bonds is 5. The third-order valence-electron chi connectivity index (χ3n) is 2.39. The summed E-state index contributed by atoms with van der Waals surface area (Å²) in [5.41, 5.74) is 0.378. The zero-order chi connectivity index (χ0) is 13.8. The molecule has 0 bridgehead atoms. The molecule has 0 amide bonds. The van der Waals surface area contributed by atoms with Gasteiger partial charge in [-0.1, -0.05) is 23.2 Å². The van der Waals surface area contributed by atoms with Gasteiger partial charge in [0.15, 0.2) is 11.5 Å². The number of benzene rings is 1. The number of carbonyl (C=O) groups is 1. The third-order valence-corrected chi connectivity index (χ3v) is 3.06. The zero-order valence-corrected chi connectivity index (χ0v) is 11.5. The number of carbonyl (C=O) groups excluding carboxylic acids is 1. The molecular weight excluding hydrogens is 291 g/mol. The van der Waals surface area contributed by atoms with Crippen LogP contribution in [-0.2, 0) is 6.54 Å². The van der Waals surface area contributed by atoms with Crippen molar-refractivity contribution >= 4 is 29.0 Å². The molecule has 0 spiro atoms. The van der Waals surface area contributed by atoms with Gasteiger partial charge in [0.1, 0.15) is 12.9 Å². The summed E-state index contributed by atoms with van der Waals surface area (Å²) in [6.45, 7) is 2.16. The lowest BCUT2D eigenvalue weighted by Crippen LogP contribution is -2.10. The Morgan fingerprint density at radius 3 is 2.84 bits per heavy atom. The Morgan fingerprint density at radius 2 is 2.21 bits per heavy atom. The van der Waals surface area contributed by atoms with E-state index in [9.17, 15) is 4.79 Å². The summed E-state index contributed by atoms with van der Waals surface area (Å²) in [5, 5.41) is 11.3. The van der Waals surface area contributed by atoms with Crippen molar-refractivity contribution in [3.63, 3.8) is 0 Å². The van der Waals surface area contributed by atoms with Gasteiger partial charge < -0.3 is 4.74 Å². The van der Waals surface area contributed by atoms with E-state index in [4.69, 9.17) is 27.9 Å². The average molecular weight is 301 g/mol. The van der Waals surface area contributed by atoms with Crippen molar-refractivity contribution < 1.29 is 9.53 Å². The quantitative estimate of drug-likeness (QED) is 0.792. The molecule has 0 saturated carbocycles. The summed E-state index contributed by atoms with van der Waals surface area (Å²) in [6.07, 6.45) is 1.47. The third kappa shape index (κ3) is 3.21. The lowest BCUT2D eigenvalue weighted by molar-refractivity contribution is 0.101. The highest BCUT2D eigenvalue weighted by atomic mass is 35.5. The van der Waals surface area contributed by atoms with Crippen LogP contribution in [0.1, 0.15) is 17.3 Å². The highest BCUT2D eigenvalue weighted by Crippen LogP contribution is 2.35. The van der Waals surface area contributed by atoms with E-state index in [1.165, 1.54) is 17.9 Å². The van der Waals surface area contributed by atoms with Gasteiger partial charge in [0.2, 0.25) is 0 Å². The molecule has 100 valence electrons. The van der Waals surface area contributed by atoms with Crippen LogP contribution in [0.15, 0.2) is 18.5 Å². The molecule has 6 nitrogen and oxygen atoms in total. The van der Waals surface area contributed by atoms with Crippen LogP contribution in [0, 0.1) is 0 Å². The topological polar surface area (TPSA) is 69.9 Å². The zero-order valence-electron chi connectivity index (χ0n) is 10.0. The molecule has 1 aromatic carbocycles. The Kier molecular flexibility index (Phi) is 4.34. The molecule has 0 aliphatic rings. The fourth-order valence-corrected chi connectivity index (χ4v) is 2.07. The fraction of sp³-hybridized carbons (Fsp3) is 0.273. The minimum Gasteiger partial charge on any atom is -0.488 e. The van der Waals surface area contributed by atoms with Crippen LogP contribution in [0.5, 0.6) is 5.75 Å². The molecule has 19 heavy (non-hydrogen) atoms. The molecule has 0 fully saturated rings. The van der Waals surface area contributed by atoms with Crippen LogP contribution in [0.25, 0.3) is 0 Å². The number of hydrogen-bond acceptors (Lipinski definition) is 5. The highest BCUT2D eigenvalue weighted by molar-refractivity contribution is 6.39. The van der Waals surface area contributed by atoms with Crippen molar-refractivity contribution in [3.05, 3.63) is 34.1 Å². The van der Waals surface area contributed by atoms with Crippen LogP contribution in [0.3, 0.4) is 0 Å². The monoisotopic (exact) mass is 300 g/mol. The van der Waals surface area contributed by atoms with Crippen LogP contribution in [0.4, 0.5) is 0 Å². The van der Waals surface area contributed by atoms with Gasteiger partial charge in [0.05, 0.1) is 16.6 Å². The minimum atomic E-state index is -0.146. The largest absolute Gasteiger partial charge is 0.488 e. The predicted octanol–water partition coefficient (Wildman–Crippen LogP) is 2.26. The number of nitrogens with zero attached hydrogens (tertiary/aromatic N) is 4. The Labute approximate surface area is 119 Å². The molecule has 8 heteroatoms. The normalized spacial score (nSPS) is 10.5. The lowest BCUT2D eigenvalue weighted by atomic mass is 10.1. The minimum absolute atomic E-state index is 0.146. The molecule has 0 atom stereocenters. The highest BCUT2D eigenvalue weighted by Gasteiger charge is 2.14. The lowest BCUT2D eigenvalue weighted by Gasteiger charge is -2.11. The smallest absolute Gasteiger partial charge is 0.161 e. The molecule has 1 aromatic heterocycles. The maximum atomic E-state index is 11.4. The molecule has 0 radical (unpaired) electrons. The van der Waals surface area contributed by atoms with Crippen LogP contribution < -0.4 is 4.74 Å². The van der Waals surface area contributed by atoms with Crippen molar-refractivity contribution in [2.75, 3.05) is 6.61 Å². The molecule has 0 N–H and O–H groups in total. The Balaban J connectivity index is 2.11. The first-order valence-corrected chi connectivity index (χ1v) is 6.17. The van der Waals surface area contributed by atoms with Crippen molar-refractivity contribution in [2.24, 2.45) is 0 Å². The summed E-state index contributed by atoms with van der Waals surface area (Å²) < 4.78 is 7.01. The maximum absolute atomic E-state index is 11.4. The number of hydrogen-bond donors (Lipinski definition) is 0. The van der Waals surface area contributed by atoms with Gasteiger partial charge in [0, 0.05) is 5.56 Å². The molecule has 2 aromatic rings. The number of Topliss-reactive ketones (excluding diaryl/α,β-unsaturated/α-hetero) is 1. The van der Waals surface area contributed by atoms with Crippen molar-refractivity contribution in [1.82, 2.24) is 20.2 Å². The van der Waals surface area contributed by atoms with E-state index >= 15 is 0 Å². The molecule has 0 aliphatic heterocycles. The summed E-state index contributed by atoms with van der Waals surface area (Å²) in [6, 6.07) is 3.15. The molecular formula is C11H10Cl2N4O2. The van der Waals surface area contributed by atoms with Gasteiger partial charge in [-0.2, -0.15) is 0 Å². The number of tetrazole rings is 1. The van der Waals surface area contributed by atoms with E-state index in [1.54, 1.807) is 12.1 Å². The Hall–Kier alpha value is -1.66. The second-order valence-corrected chi connectivity index (χ2v) is 4.50. The second kappa shape index (κ2) is 5.99. The van der Waals surface area contributed by atoms with E-state index in [0.29, 0.717) is 22.9 Å². The van der Waals surface area contributed by atoms with Crippen molar-refractivity contribution in [1.29, 1.82) is 0 Å². The first-order chi connectivity index (χ1) is 9.09. The Bertz CT molecular complexity index is 587.